The molecule has 1 aromatic carbocycles. The van der Waals surface area contributed by atoms with Gasteiger partial charge in [-0.05, 0) is 30.7 Å². The number of carbonyl (C=O) groups excluding carboxylic acids is 1. The molecule has 5 nitrogen and oxygen atoms in total. The normalized spacial score (nSPS) is 25.1. The lowest BCUT2D eigenvalue weighted by Crippen LogP contribution is -2.56. The van der Waals surface area contributed by atoms with E-state index in [-0.39, 0.29) is 17.6 Å². The molecule has 1 aliphatic rings. The summed E-state index contributed by atoms with van der Waals surface area (Å²) in [4.78, 5) is 10.7. The zero-order chi connectivity index (χ0) is 13.3. The van der Waals surface area contributed by atoms with E-state index in [2.05, 4.69) is 10.6 Å². The third-order valence-electron chi connectivity index (χ3n) is 3.71. The Morgan fingerprint density at radius 1 is 1.33 bits per heavy atom. The van der Waals surface area contributed by atoms with Gasteiger partial charge in [-0.3, -0.25) is 0 Å². The van der Waals surface area contributed by atoms with Crippen molar-refractivity contribution < 1.29 is 9.90 Å². The van der Waals surface area contributed by atoms with Crippen LogP contribution in [0.4, 0.5) is 16.2 Å². The van der Waals surface area contributed by atoms with E-state index in [4.69, 9.17) is 5.73 Å². The van der Waals surface area contributed by atoms with Crippen LogP contribution < -0.4 is 16.4 Å². The highest BCUT2D eigenvalue weighted by molar-refractivity contribution is 5.87. The second kappa shape index (κ2) is 4.49. The molecule has 0 spiro atoms. The Morgan fingerprint density at radius 3 is 2.33 bits per heavy atom. The molecule has 2 rings (SSSR count). The maximum Gasteiger partial charge on any atom is 0.316 e. The molecule has 0 bridgehead atoms. The van der Waals surface area contributed by atoms with Gasteiger partial charge in [0.05, 0.1) is 6.10 Å². The summed E-state index contributed by atoms with van der Waals surface area (Å²) in [6.45, 7) is 4.09. The highest BCUT2D eigenvalue weighted by atomic mass is 16.3. The average molecular weight is 249 g/mol. The van der Waals surface area contributed by atoms with Crippen molar-refractivity contribution >= 4 is 17.4 Å². The fourth-order valence-electron chi connectivity index (χ4n) is 2.14. The molecule has 0 saturated heterocycles. The first-order valence-electron chi connectivity index (χ1n) is 6.00. The SMILES string of the molecule is CC1(C)C(O)CC1Nc1ccc(NC(N)=O)cc1. The lowest BCUT2D eigenvalue weighted by molar-refractivity contribution is -0.0510. The molecule has 1 aliphatic carbocycles. The minimum absolute atomic E-state index is 0.107. The minimum Gasteiger partial charge on any atom is -0.392 e. The largest absolute Gasteiger partial charge is 0.392 e. The Labute approximate surface area is 106 Å². The summed E-state index contributed by atoms with van der Waals surface area (Å²) in [5.41, 5.74) is 6.56. The number of rotatable bonds is 3. The van der Waals surface area contributed by atoms with Crippen molar-refractivity contribution in [3.05, 3.63) is 24.3 Å². The fourth-order valence-corrected chi connectivity index (χ4v) is 2.14. The first-order valence-corrected chi connectivity index (χ1v) is 6.00. The van der Waals surface area contributed by atoms with Crippen molar-refractivity contribution in [2.75, 3.05) is 10.6 Å². The molecule has 2 atom stereocenters. The zero-order valence-corrected chi connectivity index (χ0v) is 10.6. The number of carbonyl (C=O) groups is 1. The fraction of sp³-hybridized carbons (Fsp3) is 0.462. The van der Waals surface area contributed by atoms with E-state index in [1.165, 1.54) is 0 Å². The van der Waals surface area contributed by atoms with Crippen molar-refractivity contribution in [2.45, 2.75) is 32.4 Å². The molecule has 1 saturated carbocycles. The monoisotopic (exact) mass is 249 g/mol. The van der Waals surface area contributed by atoms with Gasteiger partial charge in [-0.1, -0.05) is 13.8 Å². The van der Waals surface area contributed by atoms with Gasteiger partial charge >= 0.3 is 6.03 Å². The van der Waals surface area contributed by atoms with Gasteiger partial charge in [-0.15, -0.1) is 0 Å². The topological polar surface area (TPSA) is 87.4 Å². The Kier molecular flexibility index (Phi) is 3.17. The van der Waals surface area contributed by atoms with Gasteiger partial charge in [-0.2, -0.15) is 0 Å². The van der Waals surface area contributed by atoms with Crippen molar-refractivity contribution in [1.82, 2.24) is 0 Å². The highest BCUT2D eigenvalue weighted by Gasteiger charge is 2.47. The van der Waals surface area contributed by atoms with Crippen LogP contribution in [0, 0.1) is 5.41 Å². The van der Waals surface area contributed by atoms with Crippen molar-refractivity contribution in [3.8, 4) is 0 Å². The Hall–Kier alpha value is -1.75. The lowest BCUT2D eigenvalue weighted by Gasteiger charge is -2.49. The van der Waals surface area contributed by atoms with E-state index < -0.39 is 6.03 Å². The molecule has 5 heteroatoms. The van der Waals surface area contributed by atoms with Gasteiger partial charge < -0.3 is 21.5 Å². The number of amides is 2. The van der Waals surface area contributed by atoms with Crippen LogP contribution in [0.5, 0.6) is 0 Å². The number of nitrogens with two attached hydrogens (primary N) is 1. The van der Waals surface area contributed by atoms with E-state index in [0.29, 0.717) is 5.69 Å². The summed E-state index contributed by atoms with van der Waals surface area (Å²) in [5.74, 6) is 0. The number of aliphatic hydroxyl groups excluding tert-OH is 1. The van der Waals surface area contributed by atoms with E-state index in [1.54, 1.807) is 12.1 Å². The summed E-state index contributed by atoms with van der Waals surface area (Å²) >= 11 is 0. The molecule has 18 heavy (non-hydrogen) atoms. The van der Waals surface area contributed by atoms with E-state index in [9.17, 15) is 9.90 Å². The van der Waals surface area contributed by atoms with Crippen molar-refractivity contribution in [1.29, 1.82) is 0 Å². The van der Waals surface area contributed by atoms with Crippen LogP contribution in [-0.4, -0.2) is 23.3 Å². The van der Waals surface area contributed by atoms with Crippen LogP contribution in [0.3, 0.4) is 0 Å². The van der Waals surface area contributed by atoms with Crippen LogP contribution in [0.25, 0.3) is 0 Å². The Balaban J connectivity index is 1.97. The predicted octanol–water partition coefficient (Wildman–Crippen LogP) is 1.75. The van der Waals surface area contributed by atoms with Crippen LogP contribution >= 0.6 is 0 Å². The number of hydrogen-bond acceptors (Lipinski definition) is 3. The van der Waals surface area contributed by atoms with E-state index in [1.807, 2.05) is 26.0 Å². The van der Waals surface area contributed by atoms with Crippen LogP contribution in [0.15, 0.2) is 24.3 Å². The number of primary amides is 1. The highest BCUT2D eigenvalue weighted by Crippen LogP contribution is 2.42. The average Bonchev–Trinajstić information content (AvgIpc) is 2.30. The third kappa shape index (κ3) is 2.41. The molecule has 0 heterocycles. The smallest absolute Gasteiger partial charge is 0.316 e. The standard InChI is InChI=1S/C13H19N3O2/c1-13(2)10(7-11(13)17)15-8-3-5-9(6-4-8)16-12(14)18/h3-6,10-11,15,17H,7H2,1-2H3,(H3,14,16,18). The van der Waals surface area contributed by atoms with Gasteiger partial charge in [-0.25, -0.2) is 4.79 Å². The minimum atomic E-state index is -0.570. The van der Waals surface area contributed by atoms with E-state index >= 15 is 0 Å². The lowest BCUT2D eigenvalue weighted by atomic mass is 9.64. The third-order valence-corrected chi connectivity index (χ3v) is 3.71. The molecule has 1 aromatic rings. The van der Waals surface area contributed by atoms with Gasteiger partial charge in [0.25, 0.3) is 0 Å². The summed E-state index contributed by atoms with van der Waals surface area (Å²) in [6.07, 6.45) is 0.514. The molecule has 98 valence electrons. The second-order valence-corrected chi connectivity index (χ2v) is 5.34. The molecule has 0 aliphatic heterocycles. The maximum absolute atomic E-state index is 10.7. The molecule has 2 amide bonds. The Bertz CT molecular complexity index is 442. The van der Waals surface area contributed by atoms with Crippen LogP contribution in [0.1, 0.15) is 20.3 Å². The first kappa shape index (κ1) is 12.7. The van der Waals surface area contributed by atoms with Crippen LogP contribution in [0.2, 0.25) is 0 Å². The quantitative estimate of drug-likeness (QED) is 0.658. The van der Waals surface area contributed by atoms with Crippen LogP contribution in [-0.2, 0) is 0 Å². The molecule has 1 fully saturated rings. The number of hydrogen-bond donors (Lipinski definition) is 4. The summed E-state index contributed by atoms with van der Waals surface area (Å²) < 4.78 is 0. The number of urea groups is 1. The van der Waals surface area contributed by atoms with Crippen molar-refractivity contribution in [2.24, 2.45) is 11.1 Å². The second-order valence-electron chi connectivity index (χ2n) is 5.34. The molecular formula is C13H19N3O2. The van der Waals surface area contributed by atoms with Gasteiger partial charge in [0.1, 0.15) is 0 Å². The number of anilines is 2. The van der Waals surface area contributed by atoms with Gasteiger partial charge in [0.2, 0.25) is 0 Å². The number of benzene rings is 1. The molecule has 2 unspecified atom stereocenters. The summed E-state index contributed by atoms with van der Waals surface area (Å²) in [5, 5.41) is 15.5. The molecule has 0 aromatic heterocycles. The summed E-state index contributed by atoms with van der Waals surface area (Å²) in [7, 11) is 0. The summed E-state index contributed by atoms with van der Waals surface area (Å²) in [6, 6.07) is 7.03. The maximum atomic E-state index is 10.7. The molecule has 0 radical (unpaired) electrons. The Morgan fingerprint density at radius 2 is 1.89 bits per heavy atom. The number of aliphatic hydroxyl groups is 1. The molecule has 5 N–H and O–H groups in total. The van der Waals surface area contributed by atoms with E-state index in [0.717, 1.165) is 12.1 Å². The van der Waals surface area contributed by atoms with Crippen molar-refractivity contribution in [3.63, 3.8) is 0 Å². The zero-order valence-electron chi connectivity index (χ0n) is 10.6. The predicted molar refractivity (Wildman–Crippen MR) is 71.5 cm³/mol. The molecular weight excluding hydrogens is 230 g/mol. The van der Waals surface area contributed by atoms with Gasteiger partial charge in [0, 0.05) is 22.8 Å². The number of nitrogens with one attached hydrogen (secondary N) is 2. The first-order chi connectivity index (χ1) is 8.39. The van der Waals surface area contributed by atoms with Gasteiger partial charge in [0.15, 0.2) is 0 Å².